The van der Waals surface area contributed by atoms with Gasteiger partial charge in [0.15, 0.2) is 11.6 Å². The maximum Gasteiger partial charge on any atom is 0.192 e. The molecule has 0 bridgehead atoms. The molecule has 1 aromatic heterocycles. The number of aryl methyl sites for hydroxylation is 1. The molecule has 0 fully saturated rings. The molecule has 0 radical (unpaired) electrons. The quantitative estimate of drug-likeness (QED) is 0.628. The molecule has 152 valence electrons. The van der Waals surface area contributed by atoms with E-state index in [2.05, 4.69) is 5.32 Å². The minimum Gasteiger partial charge on any atom is -0.469 e. The average Bonchev–Trinajstić information content (AvgIpc) is 3.41. The van der Waals surface area contributed by atoms with Crippen LogP contribution < -0.4 is 5.32 Å². The third-order valence-corrected chi connectivity index (χ3v) is 6.67. The molecule has 2 aromatic carbocycles. The Morgan fingerprint density at radius 3 is 2.39 bits per heavy atom. The van der Waals surface area contributed by atoms with Gasteiger partial charge in [0.05, 0.1) is 12.0 Å². The summed E-state index contributed by atoms with van der Waals surface area (Å²) in [5.74, 6) is 0.571. The Morgan fingerprint density at radius 1 is 0.871 bits per heavy atom. The molecule has 0 saturated heterocycles. The minimum atomic E-state index is -0.350. The number of carbonyl (C=O) groups excluding carboxylic acids is 2. The summed E-state index contributed by atoms with van der Waals surface area (Å²) in [7, 11) is 0. The standard InChI is InChI=1S/C27H21NO3/c1-15-8-10-16(11-9-15)23-24-20(13-17(14-21(24)29)22-7-4-12-31-22)28-26-18-5-2-3-6-19(18)27(30)25(23)26/h2-12,17,23,28H,13-14H2,1H3/t17-,23-/m0/s1. The number of ketones is 2. The highest BCUT2D eigenvalue weighted by atomic mass is 16.3. The van der Waals surface area contributed by atoms with Crippen LogP contribution in [0, 0.1) is 6.92 Å². The number of hydrogen-bond donors (Lipinski definition) is 1. The van der Waals surface area contributed by atoms with Crippen LogP contribution in [-0.2, 0) is 4.79 Å². The van der Waals surface area contributed by atoms with Crippen molar-refractivity contribution in [1.29, 1.82) is 0 Å². The largest absolute Gasteiger partial charge is 0.469 e. The third-order valence-electron chi connectivity index (χ3n) is 6.67. The summed E-state index contributed by atoms with van der Waals surface area (Å²) in [5.41, 5.74) is 6.92. The first-order chi connectivity index (χ1) is 15.1. The van der Waals surface area contributed by atoms with E-state index in [-0.39, 0.29) is 23.4 Å². The van der Waals surface area contributed by atoms with Crippen LogP contribution in [0.2, 0.25) is 0 Å². The zero-order valence-corrected chi connectivity index (χ0v) is 17.1. The summed E-state index contributed by atoms with van der Waals surface area (Å²) in [5, 5.41) is 3.51. The van der Waals surface area contributed by atoms with Crippen molar-refractivity contribution in [3.05, 3.63) is 112 Å². The molecule has 0 unspecified atom stereocenters. The number of benzene rings is 2. The van der Waals surface area contributed by atoms with Crippen LogP contribution >= 0.6 is 0 Å². The number of hydrogen-bond acceptors (Lipinski definition) is 4. The summed E-state index contributed by atoms with van der Waals surface area (Å²) >= 11 is 0. The van der Waals surface area contributed by atoms with Gasteiger partial charge in [0.1, 0.15) is 5.76 Å². The molecule has 4 nitrogen and oxygen atoms in total. The lowest BCUT2D eigenvalue weighted by Crippen LogP contribution is -2.33. The van der Waals surface area contributed by atoms with Crippen molar-refractivity contribution < 1.29 is 14.0 Å². The highest BCUT2D eigenvalue weighted by Gasteiger charge is 2.45. The van der Waals surface area contributed by atoms with E-state index in [4.69, 9.17) is 4.42 Å². The van der Waals surface area contributed by atoms with E-state index < -0.39 is 0 Å². The lowest BCUT2D eigenvalue weighted by molar-refractivity contribution is -0.116. The maximum absolute atomic E-state index is 13.5. The summed E-state index contributed by atoms with van der Waals surface area (Å²) in [6.45, 7) is 2.04. The van der Waals surface area contributed by atoms with E-state index in [1.807, 2.05) is 67.6 Å². The minimum absolute atomic E-state index is 0.00177. The third kappa shape index (κ3) is 2.68. The molecule has 4 heteroatoms. The Kier molecular flexibility index (Phi) is 3.90. The van der Waals surface area contributed by atoms with E-state index >= 15 is 0 Å². The molecule has 1 N–H and O–H groups in total. The monoisotopic (exact) mass is 407 g/mol. The fourth-order valence-corrected chi connectivity index (χ4v) is 5.21. The zero-order valence-electron chi connectivity index (χ0n) is 17.1. The molecule has 6 rings (SSSR count). The van der Waals surface area contributed by atoms with Crippen molar-refractivity contribution in [3.8, 4) is 0 Å². The van der Waals surface area contributed by atoms with Gasteiger partial charge in [-0.2, -0.15) is 0 Å². The van der Waals surface area contributed by atoms with Crippen molar-refractivity contribution >= 4 is 17.3 Å². The molecule has 2 atom stereocenters. The second-order valence-corrected chi connectivity index (χ2v) is 8.57. The summed E-state index contributed by atoms with van der Waals surface area (Å²) in [6, 6.07) is 19.7. The number of furan rings is 1. The first-order valence-electron chi connectivity index (χ1n) is 10.6. The van der Waals surface area contributed by atoms with Crippen molar-refractivity contribution in [1.82, 2.24) is 5.32 Å². The predicted octanol–water partition coefficient (Wildman–Crippen LogP) is 5.28. The number of fused-ring (bicyclic) bond motifs is 2. The second-order valence-electron chi connectivity index (χ2n) is 8.57. The number of rotatable bonds is 2. The van der Waals surface area contributed by atoms with E-state index in [9.17, 15) is 9.59 Å². The first kappa shape index (κ1) is 18.1. The SMILES string of the molecule is Cc1ccc([C@H]2C3=C(C[C@H](c4ccco4)CC3=O)NC3=C2C(=O)c2ccccc23)cc1. The highest BCUT2D eigenvalue weighted by molar-refractivity contribution is 6.23. The topological polar surface area (TPSA) is 59.3 Å². The molecular formula is C27H21NO3. The van der Waals surface area contributed by atoms with Crippen LogP contribution in [0.15, 0.2) is 88.2 Å². The van der Waals surface area contributed by atoms with E-state index in [0.29, 0.717) is 24.0 Å². The van der Waals surface area contributed by atoms with Crippen LogP contribution in [0.5, 0.6) is 0 Å². The number of Topliss-reactive ketones (excluding diaryl/α,β-unsaturated/α-hetero) is 2. The van der Waals surface area contributed by atoms with Crippen LogP contribution in [0.25, 0.3) is 5.70 Å². The number of dihydropyridines is 1. The molecule has 3 aliphatic rings. The molecule has 3 aromatic rings. The summed E-state index contributed by atoms with van der Waals surface area (Å²) in [4.78, 5) is 26.9. The van der Waals surface area contributed by atoms with Crippen LogP contribution in [-0.4, -0.2) is 11.6 Å². The smallest absolute Gasteiger partial charge is 0.192 e. The Balaban J connectivity index is 1.53. The summed E-state index contributed by atoms with van der Waals surface area (Å²) < 4.78 is 5.62. The van der Waals surface area contributed by atoms with Crippen LogP contribution in [0.1, 0.15) is 57.5 Å². The number of allylic oxidation sites excluding steroid dienone is 3. The molecule has 0 saturated carbocycles. The highest BCUT2D eigenvalue weighted by Crippen LogP contribution is 2.50. The Labute approximate surface area is 180 Å². The van der Waals surface area contributed by atoms with E-state index in [1.165, 1.54) is 0 Å². The molecule has 1 aliphatic heterocycles. The van der Waals surface area contributed by atoms with Gasteiger partial charge in [-0.1, -0.05) is 54.1 Å². The maximum atomic E-state index is 13.5. The van der Waals surface area contributed by atoms with Crippen molar-refractivity contribution in [2.24, 2.45) is 0 Å². The molecule has 31 heavy (non-hydrogen) atoms. The fraction of sp³-hybridized carbons (Fsp3) is 0.185. The lowest BCUT2D eigenvalue weighted by atomic mass is 9.72. The average molecular weight is 407 g/mol. The molecule has 2 heterocycles. The number of carbonyl (C=O) groups is 2. The van der Waals surface area contributed by atoms with Crippen LogP contribution in [0.4, 0.5) is 0 Å². The van der Waals surface area contributed by atoms with Gasteiger partial charge in [-0.3, -0.25) is 9.59 Å². The number of nitrogens with one attached hydrogen (secondary N) is 1. The molecule has 2 aliphatic carbocycles. The second kappa shape index (κ2) is 6.67. The van der Waals surface area contributed by atoms with Gasteiger partial charge in [-0.25, -0.2) is 0 Å². The van der Waals surface area contributed by atoms with Gasteiger partial charge in [0.2, 0.25) is 0 Å². The molecule has 0 amide bonds. The normalized spacial score (nSPS) is 22.2. The first-order valence-corrected chi connectivity index (χ1v) is 10.6. The molecular weight excluding hydrogens is 386 g/mol. The van der Waals surface area contributed by atoms with Gasteiger partial charge in [0.25, 0.3) is 0 Å². The Morgan fingerprint density at radius 2 is 1.65 bits per heavy atom. The van der Waals surface area contributed by atoms with Gasteiger partial charge in [-0.05, 0) is 31.0 Å². The van der Waals surface area contributed by atoms with E-state index in [0.717, 1.165) is 39.4 Å². The summed E-state index contributed by atoms with van der Waals surface area (Å²) in [6.07, 6.45) is 2.73. The fourth-order valence-electron chi connectivity index (χ4n) is 5.21. The van der Waals surface area contributed by atoms with Gasteiger partial charge >= 0.3 is 0 Å². The Hall–Kier alpha value is -3.66. The zero-order chi connectivity index (χ0) is 21.1. The van der Waals surface area contributed by atoms with Gasteiger partial charge in [-0.15, -0.1) is 0 Å². The Bertz CT molecular complexity index is 1290. The van der Waals surface area contributed by atoms with Crippen LogP contribution in [0.3, 0.4) is 0 Å². The van der Waals surface area contributed by atoms with Gasteiger partial charge in [0, 0.05) is 46.2 Å². The lowest BCUT2D eigenvalue weighted by Gasteiger charge is -2.35. The van der Waals surface area contributed by atoms with E-state index in [1.54, 1.807) is 6.26 Å². The van der Waals surface area contributed by atoms with Gasteiger partial charge < -0.3 is 9.73 Å². The van der Waals surface area contributed by atoms with Crippen molar-refractivity contribution in [2.45, 2.75) is 31.6 Å². The predicted molar refractivity (Wildman–Crippen MR) is 117 cm³/mol. The molecule has 0 spiro atoms. The van der Waals surface area contributed by atoms with Crippen molar-refractivity contribution in [2.75, 3.05) is 0 Å². The van der Waals surface area contributed by atoms with Crippen molar-refractivity contribution in [3.63, 3.8) is 0 Å².